The number of rotatable bonds is 5. The maximum atomic E-state index is 12.9. The van der Waals surface area contributed by atoms with E-state index in [4.69, 9.17) is 11.6 Å². The molecule has 0 aromatic heterocycles. The van der Waals surface area contributed by atoms with E-state index in [1.807, 2.05) is 36.4 Å². The first-order chi connectivity index (χ1) is 14.0. The minimum absolute atomic E-state index is 0.0620. The highest BCUT2D eigenvalue weighted by molar-refractivity contribution is 6.31. The Morgan fingerprint density at radius 2 is 1.83 bits per heavy atom. The molecule has 0 spiro atoms. The van der Waals surface area contributed by atoms with Crippen LogP contribution in [0.1, 0.15) is 24.8 Å². The van der Waals surface area contributed by atoms with E-state index in [1.165, 1.54) is 0 Å². The predicted octanol–water partition coefficient (Wildman–Crippen LogP) is 3.45. The van der Waals surface area contributed by atoms with Crippen molar-refractivity contribution in [2.45, 2.75) is 25.8 Å². The van der Waals surface area contributed by atoms with Crippen LogP contribution in [0.25, 0.3) is 0 Å². The fourth-order valence-corrected chi connectivity index (χ4v) is 4.08. The average Bonchev–Trinajstić information content (AvgIpc) is 3.30. The van der Waals surface area contributed by atoms with Crippen LogP contribution in [0.15, 0.2) is 48.5 Å². The van der Waals surface area contributed by atoms with Crippen LogP contribution in [-0.2, 0) is 20.9 Å². The third-order valence-corrected chi connectivity index (χ3v) is 5.80. The van der Waals surface area contributed by atoms with Gasteiger partial charge in [0.05, 0.1) is 17.3 Å². The quantitative estimate of drug-likeness (QED) is 0.819. The van der Waals surface area contributed by atoms with Gasteiger partial charge >= 0.3 is 0 Å². The van der Waals surface area contributed by atoms with E-state index in [-0.39, 0.29) is 24.1 Å². The van der Waals surface area contributed by atoms with Crippen LogP contribution in [0.5, 0.6) is 0 Å². The van der Waals surface area contributed by atoms with Gasteiger partial charge in [0.2, 0.25) is 17.7 Å². The molecule has 3 amide bonds. The van der Waals surface area contributed by atoms with Gasteiger partial charge in [0.1, 0.15) is 0 Å². The molecule has 29 heavy (non-hydrogen) atoms. The largest absolute Gasteiger partial charge is 0.337 e. The summed E-state index contributed by atoms with van der Waals surface area (Å²) in [5, 5.41) is 3.54. The lowest BCUT2D eigenvalue weighted by Crippen LogP contribution is -2.29. The van der Waals surface area contributed by atoms with Gasteiger partial charge in [0.25, 0.3) is 0 Å². The van der Waals surface area contributed by atoms with E-state index in [2.05, 4.69) is 5.32 Å². The second kappa shape index (κ2) is 8.25. The van der Waals surface area contributed by atoms with Gasteiger partial charge in [-0.25, -0.2) is 0 Å². The van der Waals surface area contributed by atoms with Crippen LogP contribution in [0.2, 0.25) is 5.02 Å². The van der Waals surface area contributed by atoms with Gasteiger partial charge in [-0.1, -0.05) is 41.9 Å². The highest BCUT2D eigenvalue weighted by atomic mass is 35.5. The van der Waals surface area contributed by atoms with Gasteiger partial charge in [-0.3, -0.25) is 14.4 Å². The molecule has 0 saturated carbocycles. The Hall–Kier alpha value is -2.86. The molecular weight excluding hydrogens is 390 g/mol. The summed E-state index contributed by atoms with van der Waals surface area (Å²) in [5.74, 6) is -0.645. The van der Waals surface area contributed by atoms with E-state index in [1.54, 1.807) is 21.9 Å². The van der Waals surface area contributed by atoms with Crippen molar-refractivity contribution in [2.24, 2.45) is 5.92 Å². The van der Waals surface area contributed by atoms with Crippen molar-refractivity contribution in [1.82, 2.24) is 4.90 Å². The highest BCUT2D eigenvalue weighted by Crippen LogP contribution is 2.31. The fourth-order valence-electron chi connectivity index (χ4n) is 3.89. The zero-order valence-electron chi connectivity index (χ0n) is 15.9. The van der Waals surface area contributed by atoms with Crippen LogP contribution in [0, 0.1) is 5.92 Å². The van der Waals surface area contributed by atoms with Crippen molar-refractivity contribution in [1.29, 1.82) is 0 Å². The number of halogens is 1. The molecular formula is C22H22ClN3O3. The normalized spacial score (nSPS) is 19.1. The molecule has 0 radical (unpaired) electrons. The van der Waals surface area contributed by atoms with E-state index >= 15 is 0 Å². The average molecular weight is 412 g/mol. The Labute approximate surface area is 174 Å². The molecule has 6 nitrogen and oxygen atoms in total. The monoisotopic (exact) mass is 411 g/mol. The molecule has 0 aliphatic carbocycles. The summed E-state index contributed by atoms with van der Waals surface area (Å²) in [6.45, 7) is 1.39. The molecule has 2 aromatic carbocycles. The number of benzene rings is 2. The van der Waals surface area contributed by atoms with Crippen LogP contribution in [-0.4, -0.2) is 35.7 Å². The standard InChI is InChI=1S/C22H22ClN3O3/c23-17-7-2-1-6-15(17)13-25-14-16(12-21(25)28)22(29)24-18-8-3-4-9-19(18)26-11-5-10-20(26)27/h1-4,6-9,16H,5,10-14H2,(H,24,29)/t16-/m0/s1. The molecule has 0 unspecified atom stereocenters. The molecule has 7 heteroatoms. The number of nitrogens with one attached hydrogen (secondary N) is 1. The predicted molar refractivity (Wildman–Crippen MR) is 112 cm³/mol. The summed E-state index contributed by atoms with van der Waals surface area (Å²) < 4.78 is 0. The molecule has 1 N–H and O–H groups in total. The summed E-state index contributed by atoms with van der Waals surface area (Å²) >= 11 is 6.20. The molecule has 2 fully saturated rings. The third kappa shape index (κ3) is 4.12. The highest BCUT2D eigenvalue weighted by Gasteiger charge is 2.35. The van der Waals surface area contributed by atoms with Crippen LogP contribution in [0.3, 0.4) is 0 Å². The summed E-state index contributed by atoms with van der Waals surface area (Å²) in [7, 11) is 0. The lowest BCUT2D eigenvalue weighted by molar-refractivity contribution is -0.128. The number of hydrogen-bond donors (Lipinski definition) is 1. The van der Waals surface area contributed by atoms with Gasteiger partial charge in [-0.2, -0.15) is 0 Å². The van der Waals surface area contributed by atoms with Gasteiger partial charge < -0.3 is 15.1 Å². The zero-order valence-corrected chi connectivity index (χ0v) is 16.7. The summed E-state index contributed by atoms with van der Waals surface area (Å²) in [6, 6.07) is 14.7. The molecule has 2 saturated heterocycles. The Bertz CT molecular complexity index is 962. The second-order valence-electron chi connectivity index (χ2n) is 7.42. The Morgan fingerprint density at radius 1 is 1.07 bits per heavy atom. The van der Waals surface area contributed by atoms with Crippen molar-refractivity contribution in [3.8, 4) is 0 Å². The van der Waals surface area contributed by atoms with E-state index in [9.17, 15) is 14.4 Å². The first-order valence-corrected chi connectivity index (χ1v) is 10.1. The molecule has 150 valence electrons. The zero-order chi connectivity index (χ0) is 20.4. The molecule has 2 aromatic rings. The molecule has 2 heterocycles. The molecule has 1 atom stereocenters. The number of para-hydroxylation sites is 2. The van der Waals surface area contributed by atoms with Gasteiger partial charge in [0, 0.05) is 37.5 Å². The number of carbonyl (C=O) groups excluding carboxylic acids is 3. The summed E-state index contributed by atoms with van der Waals surface area (Å²) in [4.78, 5) is 40.8. The number of carbonyl (C=O) groups is 3. The second-order valence-corrected chi connectivity index (χ2v) is 7.83. The Balaban J connectivity index is 1.44. The van der Waals surface area contributed by atoms with Gasteiger partial charge in [0.15, 0.2) is 0 Å². The topological polar surface area (TPSA) is 69.7 Å². The van der Waals surface area contributed by atoms with Crippen molar-refractivity contribution in [3.05, 3.63) is 59.1 Å². The van der Waals surface area contributed by atoms with E-state index in [0.717, 1.165) is 12.0 Å². The van der Waals surface area contributed by atoms with Gasteiger partial charge in [-0.15, -0.1) is 0 Å². The van der Waals surface area contributed by atoms with E-state index in [0.29, 0.717) is 42.5 Å². The van der Waals surface area contributed by atoms with Crippen LogP contribution >= 0.6 is 11.6 Å². The third-order valence-electron chi connectivity index (χ3n) is 5.43. The SMILES string of the molecule is O=C(Nc1ccccc1N1CCCC1=O)[C@H]1CC(=O)N(Cc2ccccc2Cl)C1. The fraction of sp³-hybridized carbons (Fsp3) is 0.318. The number of amides is 3. The molecule has 0 bridgehead atoms. The summed E-state index contributed by atoms with van der Waals surface area (Å²) in [6.07, 6.45) is 1.51. The maximum Gasteiger partial charge on any atom is 0.229 e. The Morgan fingerprint density at radius 3 is 2.59 bits per heavy atom. The van der Waals surface area contributed by atoms with Crippen molar-refractivity contribution >= 4 is 40.7 Å². The van der Waals surface area contributed by atoms with Crippen molar-refractivity contribution in [2.75, 3.05) is 23.3 Å². The van der Waals surface area contributed by atoms with Gasteiger partial charge in [-0.05, 0) is 30.2 Å². The number of hydrogen-bond acceptors (Lipinski definition) is 3. The number of likely N-dealkylation sites (tertiary alicyclic amines) is 1. The Kier molecular flexibility index (Phi) is 5.53. The lowest BCUT2D eigenvalue weighted by atomic mass is 10.1. The minimum atomic E-state index is -0.438. The van der Waals surface area contributed by atoms with Crippen molar-refractivity contribution < 1.29 is 14.4 Å². The van der Waals surface area contributed by atoms with Crippen molar-refractivity contribution in [3.63, 3.8) is 0 Å². The smallest absolute Gasteiger partial charge is 0.229 e. The van der Waals surface area contributed by atoms with E-state index < -0.39 is 5.92 Å². The molecule has 2 aliphatic heterocycles. The maximum absolute atomic E-state index is 12.9. The summed E-state index contributed by atoms with van der Waals surface area (Å²) in [5.41, 5.74) is 2.17. The van der Waals surface area contributed by atoms with Crippen LogP contribution < -0.4 is 10.2 Å². The lowest BCUT2D eigenvalue weighted by Gasteiger charge is -2.21. The first-order valence-electron chi connectivity index (χ1n) is 9.74. The molecule has 2 aliphatic rings. The minimum Gasteiger partial charge on any atom is -0.337 e. The first kappa shape index (κ1) is 19.5. The molecule has 4 rings (SSSR count). The number of nitrogens with zero attached hydrogens (tertiary/aromatic N) is 2. The number of anilines is 2. The van der Waals surface area contributed by atoms with Crippen LogP contribution in [0.4, 0.5) is 11.4 Å².